The molecule has 0 rings (SSSR count). The van der Waals surface area contributed by atoms with Crippen molar-refractivity contribution in [1.82, 2.24) is 0 Å². The van der Waals surface area contributed by atoms with E-state index in [0.29, 0.717) is 12.8 Å². The molecule has 0 saturated heterocycles. The molecule has 1 amide bonds. The van der Waals surface area contributed by atoms with Crippen LogP contribution in [0.2, 0.25) is 0 Å². The zero-order chi connectivity index (χ0) is 21.6. The smallest absolute Gasteiger partial charge is 0.313 e. The zero-order valence-electron chi connectivity index (χ0n) is 18.1. The van der Waals surface area contributed by atoms with Gasteiger partial charge in [0, 0.05) is 0 Å². The molecule has 0 bridgehead atoms. The Morgan fingerprint density at radius 1 is 1.00 bits per heavy atom. The van der Waals surface area contributed by atoms with E-state index >= 15 is 0 Å². The first-order chi connectivity index (χ1) is 13.1. The lowest BCUT2D eigenvalue weighted by Crippen LogP contribution is -2.53. The number of carbonyl (C=O) groups excluding carboxylic acids is 1. The van der Waals surface area contributed by atoms with Gasteiger partial charge in [0.05, 0.1) is 25.8 Å². The standard InChI is InChI=1S/C20H42N2O5S/c1-4-5-6-7-8-9-10-11-12-15-20(24)22(2,3)17-18(23)19(14-13-16-21)28(25,26)27/h18-19,23H,4-17,21H2,1-3H3. The minimum absolute atomic E-state index is 0.00987. The van der Waals surface area contributed by atoms with E-state index in [2.05, 4.69) is 6.92 Å². The Balaban J connectivity index is 4.31. The Bertz CT molecular complexity index is 523. The predicted octanol–water partition coefficient (Wildman–Crippen LogP) is 2.52. The Labute approximate surface area is 172 Å². The first kappa shape index (κ1) is 27.5. The number of unbranched alkanes of at least 4 members (excludes halogenated alkanes) is 8. The van der Waals surface area contributed by atoms with E-state index in [4.69, 9.17) is 5.73 Å². The summed E-state index contributed by atoms with van der Waals surface area (Å²) >= 11 is 0. The van der Waals surface area contributed by atoms with E-state index < -0.39 is 21.5 Å². The molecule has 28 heavy (non-hydrogen) atoms. The van der Waals surface area contributed by atoms with Gasteiger partial charge in [-0.2, -0.15) is 0 Å². The van der Waals surface area contributed by atoms with Gasteiger partial charge in [-0.25, -0.2) is 13.2 Å². The zero-order valence-corrected chi connectivity index (χ0v) is 18.9. The first-order valence-electron chi connectivity index (χ1n) is 10.8. The Hall–Kier alpha value is -0.540. The summed E-state index contributed by atoms with van der Waals surface area (Å²) in [5.74, 6) is -0.0529. The number of rotatable bonds is 17. The molecule has 2 unspecified atom stereocenters. The third-order valence-corrected chi connectivity index (χ3v) is 6.60. The topological polar surface area (TPSA) is 121 Å². The van der Waals surface area contributed by atoms with E-state index in [0.717, 1.165) is 19.3 Å². The highest BCUT2D eigenvalue weighted by Crippen LogP contribution is 2.17. The Morgan fingerprint density at radius 2 is 1.50 bits per heavy atom. The summed E-state index contributed by atoms with van der Waals surface area (Å²) in [6.45, 7) is 2.36. The fraction of sp³-hybridized carbons (Fsp3) is 0.950. The van der Waals surface area contributed by atoms with E-state index in [1.54, 1.807) is 14.1 Å². The number of aliphatic hydroxyl groups is 1. The maximum Gasteiger partial charge on any atom is 0.313 e. The molecule has 0 radical (unpaired) electrons. The van der Waals surface area contributed by atoms with Crippen molar-refractivity contribution in [2.24, 2.45) is 5.73 Å². The van der Waals surface area contributed by atoms with Crippen LogP contribution in [0.5, 0.6) is 0 Å². The van der Waals surface area contributed by atoms with Crippen LogP contribution in [0.25, 0.3) is 0 Å². The lowest BCUT2D eigenvalue weighted by atomic mass is 10.1. The Morgan fingerprint density at radius 3 is 1.96 bits per heavy atom. The second kappa shape index (κ2) is 14.4. The second-order valence-electron chi connectivity index (χ2n) is 8.37. The van der Waals surface area contributed by atoms with Gasteiger partial charge in [0.25, 0.3) is 0 Å². The average Bonchev–Trinajstić information content (AvgIpc) is 2.58. The van der Waals surface area contributed by atoms with Crippen LogP contribution in [-0.2, 0) is 14.9 Å². The molecule has 168 valence electrons. The first-order valence-corrected chi connectivity index (χ1v) is 12.2. The molecule has 7 nitrogen and oxygen atoms in total. The molecule has 0 aromatic rings. The van der Waals surface area contributed by atoms with Gasteiger partial charge in [-0.15, -0.1) is 0 Å². The SMILES string of the molecule is CCCCCCCCCCCC(=O)[N+](C)(C)CC(O)C(CCCN)S(=O)(=O)[O-]. The molecule has 0 aliphatic carbocycles. The van der Waals surface area contributed by atoms with Gasteiger partial charge in [0.1, 0.15) is 22.8 Å². The van der Waals surface area contributed by atoms with Crippen LogP contribution in [0.15, 0.2) is 0 Å². The van der Waals surface area contributed by atoms with E-state index in [1.165, 1.54) is 38.5 Å². The molecule has 2 atom stereocenters. The van der Waals surface area contributed by atoms with Gasteiger partial charge in [0.2, 0.25) is 0 Å². The highest BCUT2D eigenvalue weighted by molar-refractivity contribution is 7.86. The number of nitrogens with two attached hydrogens (primary N) is 1. The molecule has 0 spiro atoms. The Kier molecular flexibility index (Phi) is 14.2. The summed E-state index contributed by atoms with van der Waals surface area (Å²) in [5.41, 5.74) is 5.38. The van der Waals surface area contributed by atoms with E-state index in [1.807, 2.05) is 0 Å². The highest BCUT2D eigenvalue weighted by atomic mass is 32.2. The van der Waals surface area contributed by atoms with Crippen molar-refractivity contribution in [2.45, 2.75) is 95.3 Å². The number of carbonyl (C=O) groups is 1. The molecule has 0 fully saturated rings. The van der Waals surface area contributed by atoms with Crippen LogP contribution in [0, 0.1) is 0 Å². The largest absolute Gasteiger partial charge is 0.748 e. The molecule has 0 aliphatic rings. The fourth-order valence-corrected chi connectivity index (χ4v) is 4.35. The van der Waals surface area contributed by atoms with Gasteiger partial charge >= 0.3 is 5.91 Å². The van der Waals surface area contributed by atoms with Crippen molar-refractivity contribution in [3.05, 3.63) is 0 Å². The number of likely N-dealkylation sites (N-methyl/N-ethyl adjacent to an activating group) is 1. The number of aliphatic hydroxyl groups excluding tert-OH is 1. The minimum Gasteiger partial charge on any atom is -0.748 e. The molecule has 3 N–H and O–H groups in total. The van der Waals surface area contributed by atoms with Crippen LogP contribution >= 0.6 is 0 Å². The minimum atomic E-state index is -4.65. The molecule has 0 aromatic carbocycles. The van der Waals surface area contributed by atoms with Crippen molar-refractivity contribution in [3.63, 3.8) is 0 Å². The van der Waals surface area contributed by atoms with Crippen molar-refractivity contribution in [3.8, 4) is 0 Å². The molecule has 0 heterocycles. The van der Waals surface area contributed by atoms with E-state index in [-0.39, 0.29) is 29.9 Å². The maximum atomic E-state index is 12.5. The molecule has 8 heteroatoms. The van der Waals surface area contributed by atoms with E-state index in [9.17, 15) is 22.9 Å². The molecular formula is C20H42N2O5S. The second-order valence-corrected chi connectivity index (χ2v) is 9.96. The maximum absolute atomic E-state index is 12.5. The van der Waals surface area contributed by atoms with Gasteiger partial charge in [-0.05, 0) is 25.8 Å². The van der Waals surface area contributed by atoms with Crippen LogP contribution in [0.4, 0.5) is 0 Å². The van der Waals surface area contributed by atoms with Gasteiger partial charge in [-0.3, -0.25) is 4.48 Å². The average molecular weight is 423 g/mol. The van der Waals surface area contributed by atoms with Crippen molar-refractivity contribution in [1.29, 1.82) is 0 Å². The lowest BCUT2D eigenvalue weighted by molar-refractivity contribution is -0.817. The van der Waals surface area contributed by atoms with Crippen LogP contribution < -0.4 is 5.73 Å². The molecule has 0 aromatic heterocycles. The summed E-state index contributed by atoms with van der Waals surface area (Å²) in [5, 5.41) is 8.88. The van der Waals surface area contributed by atoms with Crippen LogP contribution in [0.1, 0.15) is 84.0 Å². The van der Waals surface area contributed by atoms with Crippen molar-refractivity contribution < 1.29 is 27.4 Å². The predicted molar refractivity (Wildman–Crippen MR) is 112 cm³/mol. The monoisotopic (exact) mass is 422 g/mol. The normalized spacial score (nSPS) is 14.8. The molecule has 0 saturated carbocycles. The summed E-state index contributed by atoms with van der Waals surface area (Å²) in [7, 11) is -1.35. The summed E-state index contributed by atoms with van der Waals surface area (Å²) < 4.78 is 34.2. The lowest BCUT2D eigenvalue weighted by Gasteiger charge is -2.33. The summed E-state index contributed by atoms with van der Waals surface area (Å²) in [6, 6.07) is 0. The van der Waals surface area contributed by atoms with Crippen LogP contribution in [-0.4, -0.2) is 67.0 Å². The molecular weight excluding hydrogens is 380 g/mol. The summed E-state index contributed by atoms with van der Waals surface area (Å²) in [4.78, 5) is 12.5. The number of nitrogens with zero attached hydrogens (tertiary/aromatic N) is 1. The third-order valence-electron chi connectivity index (χ3n) is 5.31. The molecule has 0 aliphatic heterocycles. The highest BCUT2D eigenvalue weighted by Gasteiger charge is 2.34. The quantitative estimate of drug-likeness (QED) is 0.211. The summed E-state index contributed by atoms with van der Waals surface area (Å²) in [6.07, 6.45) is 9.84. The van der Waals surface area contributed by atoms with Crippen molar-refractivity contribution in [2.75, 3.05) is 27.2 Å². The fourth-order valence-electron chi connectivity index (χ4n) is 3.42. The number of quaternary nitrogens is 1. The third kappa shape index (κ3) is 12.1. The van der Waals surface area contributed by atoms with Gasteiger partial charge in [0.15, 0.2) is 0 Å². The van der Waals surface area contributed by atoms with Crippen LogP contribution in [0.3, 0.4) is 0 Å². The number of amides is 1. The number of hydrogen-bond acceptors (Lipinski definition) is 6. The number of hydrogen-bond donors (Lipinski definition) is 2. The van der Waals surface area contributed by atoms with Gasteiger partial charge < -0.3 is 15.4 Å². The van der Waals surface area contributed by atoms with Crippen molar-refractivity contribution >= 4 is 16.0 Å². The van der Waals surface area contributed by atoms with Gasteiger partial charge in [-0.1, -0.05) is 58.3 Å².